The van der Waals surface area contributed by atoms with Crippen molar-refractivity contribution in [1.29, 1.82) is 0 Å². The summed E-state index contributed by atoms with van der Waals surface area (Å²) in [6.45, 7) is 4.79. The van der Waals surface area contributed by atoms with Gasteiger partial charge in [0.25, 0.3) is 0 Å². The van der Waals surface area contributed by atoms with Crippen molar-refractivity contribution in [2.45, 2.75) is 37.8 Å². The number of carbonyl (C=O) groups excluding carboxylic acids is 1. The molecule has 1 atom stereocenters. The van der Waals surface area contributed by atoms with E-state index in [-0.39, 0.29) is 5.91 Å². The molecule has 3 heterocycles. The van der Waals surface area contributed by atoms with Crippen molar-refractivity contribution in [3.8, 4) is 5.75 Å². The summed E-state index contributed by atoms with van der Waals surface area (Å²) in [7, 11) is 0. The van der Waals surface area contributed by atoms with Crippen LogP contribution in [0.3, 0.4) is 0 Å². The van der Waals surface area contributed by atoms with Crippen molar-refractivity contribution in [3.63, 3.8) is 0 Å². The number of aromatic nitrogens is 1. The molecular formula is C24H30ClN3O3. The van der Waals surface area contributed by atoms with Gasteiger partial charge in [-0.3, -0.25) is 14.7 Å². The zero-order chi connectivity index (χ0) is 21.5. The number of hydrogen-bond donors (Lipinski definition) is 0. The van der Waals surface area contributed by atoms with Crippen molar-refractivity contribution in [2.24, 2.45) is 0 Å². The van der Waals surface area contributed by atoms with Gasteiger partial charge in [-0.05, 0) is 55.2 Å². The van der Waals surface area contributed by atoms with Crippen LogP contribution in [0.5, 0.6) is 5.75 Å². The highest BCUT2D eigenvalue weighted by atomic mass is 35.5. The van der Waals surface area contributed by atoms with Crippen LogP contribution < -0.4 is 4.74 Å². The average Bonchev–Trinajstić information content (AvgIpc) is 2.80. The van der Waals surface area contributed by atoms with Crippen LogP contribution in [0.4, 0.5) is 0 Å². The van der Waals surface area contributed by atoms with Gasteiger partial charge in [0.15, 0.2) is 0 Å². The molecule has 31 heavy (non-hydrogen) atoms. The molecule has 0 N–H and O–H groups in total. The molecule has 1 amide bonds. The summed E-state index contributed by atoms with van der Waals surface area (Å²) in [6, 6.07) is 11.3. The molecule has 0 spiro atoms. The second-order valence-corrected chi connectivity index (χ2v) is 8.90. The Morgan fingerprint density at radius 1 is 1.13 bits per heavy atom. The molecule has 2 aromatic rings. The molecule has 0 radical (unpaired) electrons. The maximum atomic E-state index is 13.1. The maximum absolute atomic E-state index is 13.1. The second-order valence-electron chi connectivity index (χ2n) is 8.46. The van der Waals surface area contributed by atoms with E-state index in [4.69, 9.17) is 21.1 Å². The second kappa shape index (κ2) is 10.4. The maximum Gasteiger partial charge on any atom is 0.225 e. The first-order chi connectivity index (χ1) is 15.1. The SMILES string of the molecule is O=C(CC1(COc2ccc(Cl)cc2)CN(Cc2cccnc2)CCO1)N1CCCCC1. The summed E-state index contributed by atoms with van der Waals surface area (Å²) in [6.07, 6.45) is 7.35. The number of benzene rings is 1. The minimum atomic E-state index is -0.686. The van der Waals surface area contributed by atoms with Crippen LogP contribution in [-0.4, -0.2) is 65.7 Å². The van der Waals surface area contributed by atoms with Crippen molar-refractivity contribution in [1.82, 2.24) is 14.8 Å². The summed E-state index contributed by atoms with van der Waals surface area (Å²) in [5, 5.41) is 0.666. The summed E-state index contributed by atoms with van der Waals surface area (Å²) in [5.41, 5.74) is 0.466. The zero-order valence-corrected chi connectivity index (χ0v) is 18.6. The molecule has 2 aliphatic rings. The number of hydrogen-bond acceptors (Lipinski definition) is 5. The Balaban J connectivity index is 1.47. The fourth-order valence-electron chi connectivity index (χ4n) is 4.33. The van der Waals surface area contributed by atoms with Crippen molar-refractivity contribution in [2.75, 3.05) is 39.4 Å². The van der Waals surface area contributed by atoms with E-state index in [1.807, 2.05) is 29.3 Å². The molecule has 0 saturated carbocycles. The van der Waals surface area contributed by atoms with Gasteiger partial charge in [0, 0.05) is 50.1 Å². The number of piperidine rings is 1. The Labute approximate surface area is 189 Å². The number of carbonyl (C=O) groups is 1. The molecule has 6 nitrogen and oxygen atoms in total. The third-order valence-corrected chi connectivity index (χ3v) is 6.21. The fraction of sp³-hybridized carbons (Fsp3) is 0.500. The van der Waals surface area contributed by atoms with Crippen LogP contribution in [-0.2, 0) is 16.1 Å². The first-order valence-corrected chi connectivity index (χ1v) is 11.4. The van der Waals surface area contributed by atoms with Crippen molar-refractivity contribution in [3.05, 3.63) is 59.4 Å². The van der Waals surface area contributed by atoms with E-state index in [9.17, 15) is 4.79 Å². The highest BCUT2D eigenvalue weighted by Gasteiger charge is 2.41. The van der Waals surface area contributed by atoms with Crippen LogP contribution in [0.15, 0.2) is 48.8 Å². The summed E-state index contributed by atoms with van der Waals surface area (Å²) in [4.78, 5) is 21.7. The minimum absolute atomic E-state index is 0.155. The lowest BCUT2D eigenvalue weighted by Gasteiger charge is -2.43. The lowest BCUT2D eigenvalue weighted by molar-refractivity contribution is -0.157. The smallest absolute Gasteiger partial charge is 0.225 e. The van der Waals surface area contributed by atoms with Crippen LogP contribution in [0.1, 0.15) is 31.2 Å². The summed E-state index contributed by atoms with van der Waals surface area (Å²) < 4.78 is 12.4. The van der Waals surface area contributed by atoms with Gasteiger partial charge < -0.3 is 14.4 Å². The van der Waals surface area contributed by atoms with Gasteiger partial charge >= 0.3 is 0 Å². The highest BCUT2D eigenvalue weighted by molar-refractivity contribution is 6.30. The molecule has 2 fully saturated rings. The molecule has 2 saturated heterocycles. The molecule has 0 aliphatic carbocycles. The Kier molecular flexibility index (Phi) is 7.43. The van der Waals surface area contributed by atoms with Gasteiger partial charge in [0.1, 0.15) is 18.0 Å². The van der Waals surface area contributed by atoms with Crippen LogP contribution in [0, 0.1) is 0 Å². The van der Waals surface area contributed by atoms with E-state index in [2.05, 4.69) is 16.0 Å². The Morgan fingerprint density at radius 2 is 1.94 bits per heavy atom. The van der Waals surface area contributed by atoms with Gasteiger partial charge in [-0.15, -0.1) is 0 Å². The van der Waals surface area contributed by atoms with Crippen LogP contribution in [0.25, 0.3) is 0 Å². The zero-order valence-electron chi connectivity index (χ0n) is 17.8. The molecule has 7 heteroatoms. The van der Waals surface area contributed by atoms with Crippen LogP contribution in [0.2, 0.25) is 5.02 Å². The number of likely N-dealkylation sites (tertiary alicyclic amines) is 1. The Bertz CT molecular complexity index is 843. The summed E-state index contributed by atoms with van der Waals surface area (Å²) in [5.74, 6) is 0.879. The van der Waals surface area contributed by atoms with E-state index < -0.39 is 5.60 Å². The largest absolute Gasteiger partial charge is 0.491 e. The predicted octanol–water partition coefficient (Wildman–Crippen LogP) is 3.79. The number of morpholine rings is 1. The van der Waals surface area contributed by atoms with Gasteiger partial charge in [0.05, 0.1) is 13.0 Å². The third-order valence-electron chi connectivity index (χ3n) is 5.95. The van der Waals surface area contributed by atoms with E-state index >= 15 is 0 Å². The average molecular weight is 444 g/mol. The number of pyridine rings is 1. The van der Waals surface area contributed by atoms with Crippen LogP contribution >= 0.6 is 11.6 Å². The molecular weight excluding hydrogens is 414 g/mol. The molecule has 4 rings (SSSR count). The Morgan fingerprint density at radius 3 is 2.68 bits per heavy atom. The van der Waals surface area contributed by atoms with Gasteiger partial charge in [-0.1, -0.05) is 17.7 Å². The van der Waals surface area contributed by atoms with E-state index in [0.717, 1.165) is 50.3 Å². The third kappa shape index (κ3) is 6.19. The van der Waals surface area contributed by atoms with Gasteiger partial charge in [-0.2, -0.15) is 0 Å². The topological polar surface area (TPSA) is 54.9 Å². The molecule has 2 aliphatic heterocycles. The lowest BCUT2D eigenvalue weighted by atomic mass is 9.96. The number of nitrogens with zero attached hydrogens (tertiary/aromatic N) is 3. The quantitative estimate of drug-likeness (QED) is 0.651. The first kappa shape index (κ1) is 22.1. The molecule has 1 aromatic carbocycles. The van der Waals surface area contributed by atoms with E-state index in [0.29, 0.717) is 31.2 Å². The fourth-order valence-corrected chi connectivity index (χ4v) is 4.46. The molecule has 1 unspecified atom stereocenters. The Hall–Kier alpha value is -2.15. The standard InChI is InChI=1S/C24H30ClN3O3/c25-21-6-8-22(9-7-21)30-19-24(15-23(29)28-11-2-1-3-12-28)18-27(13-14-31-24)17-20-5-4-10-26-16-20/h4-10,16H,1-3,11-15,17-19H2. The van der Waals surface area contributed by atoms with Gasteiger partial charge in [0.2, 0.25) is 5.91 Å². The first-order valence-electron chi connectivity index (χ1n) is 11.0. The molecule has 0 bridgehead atoms. The summed E-state index contributed by atoms with van der Waals surface area (Å²) >= 11 is 6.00. The number of rotatable bonds is 7. The number of halogens is 1. The lowest BCUT2D eigenvalue weighted by Crippen LogP contribution is -2.57. The van der Waals surface area contributed by atoms with Crippen molar-refractivity contribution >= 4 is 17.5 Å². The van der Waals surface area contributed by atoms with Crippen molar-refractivity contribution < 1.29 is 14.3 Å². The number of ether oxygens (including phenoxy) is 2. The predicted molar refractivity (Wildman–Crippen MR) is 120 cm³/mol. The van der Waals surface area contributed by atoms with E-state index in [1.165, 1.54) is 6.42 Å². The van der Waals surface area contributed by atoms with E-state index in [1.54, 1.807) is 18.3 Å². The van der Waals surface area contributed by atoms with Gasteiger partial charge in [-0.25, -0.2) is 0 Å². The molecule has 166 valence electrons. The monoisotopic (exact) mass is 443 g/mol. The molecule has 1 aromatic heterocycles. The normalized spacial score (nSPS) is 22.3. The minimum Gasteiger partial charge on any atom is -0.491 e. The number of amides is 1. The highest BCUT2D eigenvalue weighted by Crippen LogP contribution is 2.27.